The van der Waals surface area contributed by atoms with Crippen molar-refractivity contribution in [2.75, 3.05) is 19.7 Å². The standard InChI is InChI=1S/C19H24N2O2/c1-2-11-21(15-18-6-5-14-23-18)19(22)16-7-9-17(10-8-16)20-12-3-4-13-20/h3-4,7-10,12-13,18H,2,5-6,11,14-15H2,1H3/t18-/m1/s1. The maximum atomic E-state index is 12.8. The van der Waals surface area contributed by atoms with Gasteiger partial charge in [-0.25, -0.2) is 0 Å². The van der Waals surface area contributed by atoms with Gasteiger partial charge in [0.1, 0.15) is 0 Å². The predicted octanol–water partition coefficient (Wildman–Crippen LogP) is 3.51. The molecule has 2 heterocycles. The summed E-state index contributed by atoms with van der Waals surface area (Å²) in [6, 6.07) is 11.8. The van der Waals surface area contributed by atoms with Crippen LogP contribution in [-0.2, 0) is 4.74 Å². The van der Waals surface area contributed by atoms with Crippen LogP contribution in [0.25, 0.3) is 5.69 Å². The van der Waals surface area contributed by atoms with E-state index in [1.807, 2.05) is 58.3 Å². The molecule has 1 fully saturated rings. The fraction of sp³-hybridized carbons (Fsp3) is 0.421. The Balaban J connectivity index is 1.71. The molecule has 1 aromatic carbocycles. The van der Waals surface area contributed by atoms with Gasteiger partial charge in [0.25, 0.3) is 5.91 Å². The molecule has 1 atom stereocenters. The zero-order valence-corrected chi connectivity index (χ0v) is 13.6. The van der Waals surface area contributed by atoms with Crippen LogP contribution >= 0.6 is 0 Å². The van der Waals surface area contributed by atoms with Gasteiger partial charge in [-0.05, 0) is 55.7 Å². The molecule has 1 amide bonds. The molecule has 23 heavy (non-hydrogen) atoms. The van der Waals surface area contributed by atoms with E-state index in [0.717, 1.165) is 43.7 Å². The molecule has 0 aliphatic carbocycles. The van der Waals surface area contributed by atoms with Crippen LogP contribution in [0.3, 0.4) is 0 Å². The van der Waals surface area contributed by atoms with Crippen LogP contribution in [0, 0.1) is 0 Å². The van der Waals surface area contributed by atoms with Crippen molar-refractivity contribution in [3.05, 3.63) is 54.4 Å². The fourth-order valence-corrected chi connectivity index (χ4v) is 3.05. The van der Waals surface area contributed by atoms with E-state index in [2.05, 4.69) is 6.92 Å². The number of hydrogen-bond donors (Lipinski definition) is 0. The van der Waals surface area contributed by atoms with Crippen LogP contribution in [0.4, 0.5) is 0 Å². The highest BCUT2D eigenvalue weighted by atomic mass is 16.5. The van der Waals surface area contributed by atoms with Crippen LogP contribution in [0.2, 0.25) is 0 Å². The zero-order chi connectivity index (χ0) is 16.1. The normalized spacial score (nSPS) is 17.3. The monoisotopic (exact) mass is 312 g/mol. The van der Waals surface area contributed by atoms with Gasteiger partial charge in [-0.3, -0.25) is 4.79 Å². The van der Waals surface area contributed by atoms with Crippen LogP contribution in [-0.4, -0.2) is 41.2 Å². The Morgan fingerprint density at radius 1 is 1.26 bits per heavy atom. The first-order valence-electron chi connectivity index (χ1n) is 8.42. The smallest absolute Gasteiger partial charge is 0.253 e. The van der Waals surface area contributed by atoms with Gasteiger partial charge in [-0.1, -0.05) is 6.92 Å². The third kappa shape index (κ3) is 3.82. The summed E-state index contributed by atoms with van der Waals surface area (Å²) in [6.07, 6.45) is 7.31. The summed E-state index contributed by atoms with van der Waals surface area (Å²) < 4.78 is 7.72. The Hall–Kier alpha value is -2.07. The summed E-state index contributed by atoms with van der Waals surface area (Å²) in [6.45, 7) is 4.40. The summed E-state index contributed by atoms with van der Waals surface area (Å²) in [5.74, 6) is 0.0985. The quantitative estimate of drug-likeness (QED) is 0.818. The first kappa shape index (κ1) is 15.8. The number of carbonyl (C=O) groups excluding carboxylic acids is 1. The molecule has 4 nitrogen and oxygen atoms in total. The number of benzene rings is 1. The Kier molecular flexibility index (Phi) is 5.13. The van der Waals surface area contributed by atoms with Crippen molar-refractivity contribution in [2.45, 2.75) is 32.3 Å². The average molecular weight is 312 g/mol. The van der Waals surface area contributed by atoms with E-state index in [1.54, 1.807) is 0 Å². The molecular weight excluding hydrogens is 288 g/mol. The van der Waals surface area contributed by atoms with E-state index in [4.69, 9.17) is 4.74 Å². The third-order valence-corrected chi connectivity index (χ3v) is 4.25. The molecule has 0 unspecified atom stereocenters. The summed E-state index contributed by atoms with van der Waals surface area (Å²) >= 11 is 0. The largest absolute Gasteiger partial charge is 0.376 e. The van der Waals surface area contributed by atoms with Crippen molar-refractivity contribution in [3.63, 3.8) is 0 Å². The van der Waals surface area contributed by atoms with Gasteiger partial charge in [-0.15, -0.1) is 0 Å². The van der Waals surface area contributed by atoms with Gasteiger partial charge >= 0.3 is 0 Å². The molecule has 4 heteroatoms. The number of nitrogens with zero attached hydrogens (tertiary/aromatic N) is 2. The van der Waals surface area contributed by atoms with Crippen molar-refractivity contribution in [3.8, 4) is 5.69 Å². The maximum absolute atomic E-state index is 12.8. The third-order valence-electron chi connectivity index (χ3n) is 4.25. The van der Waals surface area contributed by atoms with Crippen molar-refractivity contribution in [1.29, 1.82) is 0 Å². The topological polar surface area (TPSA) is 34.5 Å². The number of carbonyl (C=O) groups is 1. The molecule has 0 saturated carbocycles. The summed E-state index contributed by atoms with van der Waals surface area (Å²) in [5.41, 5.74) is 1.81. The minimum Gasteiger partial charge on any atom is -0.376 e. The van der Waals surface area contributed by atoms with Gasteiger partial charge in [0, 0.05) is 43.3 Å². The lowest BCUT2D eigenvalue weighted by atomic mass is 10.1. The fourth-order valence-electron chi connectivity index (χ4n) is 3.05. The summed E-state index contributed by atoms with van der Waals surface area (Å²) in [7, 11) is 0. The minimum atomic E-state index is 0.0985. The second-order valence-electron chi connectivity index (χ2n) is 6.02. The second-order valence-corrected chi connectivity index (χ2v) is 6.02. The van der Waals surface area contributed by atoms with Gasteiger partial charge in [-0.2, -0.15) is 0 Å². The van der Waals surface area contributed by atoms with Crippen molar-refractivity contribution in [1.82, 2.24) is 9.47 Å². The van der Waals surface area contributed by atoms with Crippen LogP contribution in [0.15, 0.2) is 48.8 Å². The van der Waals surface area contributed by atoms with Crippen LogP contribution < -0.4 is 0 Å². The Morgan fingerprint density at radius 3 is 2.61 bits per heavy atom. The van der Waals surface area contributed by atoms with Crippen molar-refractivity contribution >= 4 is 5.91 Å². The van der Waals surface area contributed by atoms with Crippen molar-refractivity contribution < 1.29 is 9.53 Å². The highest BCUT2D eigenvalue weighted by Crippen LogP contribution is 2.16. The first-order chi connectivity index (χ1) is 11.3. The van der Waals surface area contributed by atoms with E-state index in [-0.39, 0.29) is 12.0 Å². The summed E-state index contributed by atoms with van der Waals surface area (Å²) in [5, 5.41) is 0. The number of hydrogen-bond acceptors (Lipinski definition) is 2. The van der Waals surface area contributed by atoms with Crippen LogP contribution in [0.1, 0.15) is 36.5 Å². The molecule has 2 aromatic rings. The highest BCUT2D eigenvalue weighted by Gasteiger charge is 2.22. The molecule has 122 valence electrons. The van der Waals surface area contributed by atoms with E-state index in [9.17, 15) is 4.79 Å². The SMILES string of the molecule is CCCN(C[C@H]1CCCO1)C(=O)c1ccc(-n2cccc2)cc1. The van der Waals surface area contributed by atoms with E-state index >= 15 is 0 Å². The second kappa shape index (κ2) is 7.47. The van der Waals surface area contributed by atoms with E-state index < -0.39 is 0 Å². The zero-order valence-electron chi connectivity index (χ0n) is 13.6. The van der Waals surface area contributed by atoms with E-state index in [0.29, 0.717) is 6.54 Å². The minimum absolute atomic E-state index is 0.0985. The number of ether oxygens (including phenoxy) is 1. The molecular formula is C19H24N2O2. The van der Waals surface area contributed by atoms with Crippen molar-refractivity contribution in [2.24, 2.45) is 0 Å². The molecule has 1 aliphatic rings. The van der Waals surface area contributed by atoms with Gasteiger partial charge in [0.2, 0.25) is 0 Å². The van der Waals surface area contributed by atoms with Crippen LogP contribution in [0.5, 0.6) is 0 Å². The molecule has 1 aliphatic heterocycles. The van der Waals surface area contributed by atoms with Gasteiger partial charge in [0.05, 0.1) is 6.10 Å². The molecule has 0 radical (unpaired) electrons. The Morgan fingerprint density at radius 2 is 2.00 bits per heavy atom. The lowest BCUT2D eigenvalue weighted by molar-refractivity contribution is 0.0526. The highest BCUT2D eigenvalue weighted by molar-refractivity contribution is 5.94. The molecule has 1 saturated heterocycles. The maximum Gasteiger partial charge on any atom is 0.253 e. The Labute approximate surface area is 137 Å². The van der Waals surface area contributed by atoms with Gasteiger partial charge < -0.3 is 14.2 Å². The Bertz CT molecular complexity index is 613. The number of rotatable bonds is 6. The molecule has 0 spiro atoms. The molecule has 1 aromatic heterocycles. The molecule has 3 rings (SSSR count). The first-order valence-corrected chi connectivity index (χ1v) is 8.42. The number of amides is 1. The lowest BCUT2D eigenvalue weighted by Crippen LogP contribution is -2.37. The molecule has 0 N–H and O–H groups in total. The average Bonchev–Trinajstić information content (AvgIpc) is 3.28. The lowest BCUT2D eigenvalue weighted by Gasteiger charge is -2.25. The molecule has 0 bridgehead atoms. The summed E-state index contributed by atoms with van der Waals surface area (Å²) in [4.78, 5) is 14.7. The number of aromatic nitrogens is 1. The van der Waals surface area contributed by atoms with E-state index in [1.165, 1.54) is 0 Å². The predicted molar refractivity (Wildman–Crippen MR) is 90.9 cm³/mol. The van der Waals surface area contributed by atoms with Gasteiger partial charge in [0.15, 0.2) is 0 Å².